The van der Waals surface area contributed by atoms with Gasteiger partial charge in [-0.1, -0.05) is 6.42 Å². The van der Waals surface area contributed by atoms with Crippen LogP contribution in [0.5, 0.6) is 0 Å². The number of carbonyl (C=O) groups is 2. The molecule has 0 N–H and O–H groups in total. The van der Waals surface area contributed by atoms with Crippen LogP contribution in [0.1, 0.15) is 38.5 Å². The van der Waals surface area contributed by atoms with Crippen LogP contribution in [0.3, 0.4) is 0 Å². The summed E-state index contributed by atoms with van der Waals surface area (Å²) in [5, 5.41) is 0. The zero-order valence-electron chi connectivity index (χ0n) is 14.9. The minimum atomic E-state index is 0.0384. The van der Waals surface area contributed by atoms with Crippen LogP contribution in [0.15, 0.2) is 0 Å². The van der Waals surface area contributed by atoms with Gasteiger partial charge in [-0.05, 0) is 45.7 Å². The van der Waals surface area contributed by atoms with Gasteiger partial charge in [-0.2, -0.15) is 0 Å². The molecule has 24 heavy (non-hydrogen) atoms. The van der Waals surface area contributed by atoms with Crippen LogP contribution in [-0.2, 0) is 14.3 Å². The van der Waals surface area contributed by atoms with Gasteiger partial charge in [0.05, 0.1) is 6.04 Å². The number of hydrogen-bond donors (Lipinski definition) is 0. The van der Waals surface area contributed by atoms with Crippen molar-refractivity contribution >= 4 is 11.8 Å². The van der Waals surface area contributed by atoms with Crippen LogP contribution < -0.4 is 0 Å². The normalized spacial score (nSPS) is 27.8. The first kappa shape index (κ1) is 17.7. The van der Waals surface area contributed by atoms with Crippen LogP contribution in [0.2, 0.25) is 0 Å². The standard InChI is InChI=1S/C18H31N3O3/c1-19-8-3-2-5-16(19)18(23)21-10-4-9-20(11-12-21)17(22)15-6-13-24-14-7-15/h15-16H,2-14H2,1H3. The second-order valence-electron chi connectivity index (χ2n) is 7.38. The SMILES string of the molecule is CN1CCCCC1C(=O)N1CCCN(C(=O)C2CCOCC2)CC1. The molecule has 6 heteroatoms. The van der Waals surface area contributed by atoms with Gasteiger partial charge >= 0.3 is 0 Å². The maximum atomic E-state index is 12.9. The molecule has 3 aliphatic heterocycles. The van der Waals surface area contributed by atoms with E-state index in [1.165, 1.54) is 6.42 Å². The topological polar surface area (TPSA) is 53.1 Å². The molecule has 0 saturated carbocycles. The second kappa shape index (κ2) is 8.30. The van der Waals surface area contributed by atoms with Crippen molar-refractivity contribution in [2.45, 2.75) is 44.6 Å². The smallest absolute Gasteiger partial charge is 0.239 e. The van der Waals surface area contributed by atoms with Crippen LogP contribution in [0.25, 0.3) is 0 Å². The van der Waals surface area contributed by atoms with E-state index in [1.54, 1.807) is 0 Å². The van der Waals surface area contributed by atoms with Crippen molar-refractivity contribution < 1.29 is 14.3 Å². The van der Waals surface area contributed by atoms with E-state index in [1.807, 2.05) is 9.80 Å². The molecular formula is C18H31N3O3. The van der Waals surface area contributed by atoms with Gasteiger partial charge in [-0.15, -0.1) is 0 Å². The molecule has 1 atom stereocenters. The van der Waals surface area contributed by atoms with Gasteiger partial charge < -0.3 is 14.5 Å². The lowest BCUT2D eigenvalue weighted by molar-refractivity contribution is -0.140. The molecule has 2 amide bonds. The Morgan fingerprint density at radius 2 is 1.46 bits per heavy atom. The van der Waals surface area contributed by atoms with Crippen LogP contribution in [-0.4, -0.2) is 85.5 Å². The third kappa shape index (κ3) is 4.09. The average Bonchev–Trinajstić information content (AvgIpc) is 2.88. The van der Waals surface area contributed by atoms with Crippen molar-refractivity contribution in [2.75, 3.05) is 53.0 Å². The number of rotatable bonds is 2. The van der Waals surface area contributed by atoms with Gasteiger partial charge in [0.15, 0.2) is 0 Å². The molecule has 0 bridgehead atoms. The summed E-state index contributed by atoms with van der Waals surface area (Å²) in [6, 6.07) is 0.0384. The van der Waals surface area contributed by atoms with Gasteiger partial charge in [-0.3, -0.25) is 14.5 Å². The Labute approximate surface area is 145 Å². The molecular weight excluding hydrogens is 306 g/mol. The van der Waals surface area contributed by atoms with Crippen molar-refractivity contribution in [3.05, 3.63) is 0 Å². The third-order valence-corrected chi connectivity index (χ3v) is 5.75. The zero-order valence-corrected chi connectivity index (χ0v) is 14.9. The van der Waals surface area contributed by atoms with Crippen LogP contribution in [0.4, 0.5) is 0 Å². The first-order chi connectivity index (χ1) is 11.7. The van der Waals surface area contributed by atoms with Crippen molar-refractivity contribution in [3.63, 3.8) is 0 Å². The summed E-state index contributed by atoms with van der Waals surface area (Å²) < 4.78 is 5.36. The zero-order chi connectivity index (χ0) is 16.9. The fourth-order valence-corrected chi connectivity index (χ4v) is 4.16. The van der Waals surface area contributed by atoms with Crippen molar-refractivity contribution in [1.82, 2.24) is 14.7 Å². The highest BCUT2D eigenvalue weighted by Gasteiger charge is 2.32. The minimum Gasteiger partial charge on any atom is -0.381 e. The minimum absolute atomic E-state index is 0.0384. The first-order valence-electron chi connectivity index (χ1n) is 9.52. The number of carbonyl (C=O) groups excluding carboxylic acids is 2. The van der Waals surface area contributed by atoms with E-state index in [0.29, 0.717) is 26.3 Å². The predicted molar refractivity (Wildman–Crippen MR) is 91.6 cm³/mol. The number of ether oxygens (including phenoxy) is 1. The Morgan fingerprint density at radius 3 is 2.12 bits per heavy atom. The summed E-state index contributed by atoms with van der Waals surface area (Å²) in [4.78, 5) is 31.7. The summed E-state index contributed by atoms with van der Waals surface area (Å²) in [5.74, 6) is 0.644. The molecule has 3 rings (SSSR count). The van der Waals surface area contributed by atoms with Gasteiger partial charge in [0.25, 0.3) is 0 Å². The molecule has 0 spiro atoms. The molecule has 0 aliphatic carbocycles. The predicted octanol–water partition coefficient (Wildman–Crippen LogP) is 0.958. The summed E-state index contributed by atoms with van der Waals surface area (Å²) in [7, 11) is 2.06. The van der Waals surface area contributed by atoms with E-state index in [4.69, 9.17) is 4.74 Å². The van der Waals surface area contributed by atoms with E-state index >= 15 is 0 Å². The Kier molecular flexibility index (Phi) is 6.11. The molecule has 3 saturated heterocycles. The molecule has 1 unspecified atom stereocenters. The van der Waals surface area contributed by atoms with Gasteiger partial charge in [0, 0.05) is 45.3 Å². The molecule has 0 aromatic heterocycles. The maximum absolute atomic E-state index is 12.9. The molecule has 6 nitrogen and oxygen atoms in total. The molecule has 3 heterocycles. The number of likely N-dealkylation sites (N-methyl/N-ethyl adjacent to an activating group) is 1. The fourth-order valence-electron chi connectivity index (χ4n) is 4.16. The summed E-state index contributed by atoms with van der Waals surface area (Å²) in [6.07, 6.45) is 5.86. The highest BCUT2D eigenvalue weighted by Crippen LogP contribution is 2.21. The monoisotopic (exact) mass is 337 g/mol. The highest BCUT2D eigenvalue weighted by molar-refractivity contribution is 5.82. The Morgan fingerprint density at radius 1 is 0.792 bits per heavy atom. The third-order valence-electron chi connectivity index (χ3n) is 5.75. The highest BCUT2D eigenvalue weighted by atomic mass is 16.5. The number of nitrogens with zero attached hydrogens (tertiary/aromatic N) is 3. The van der Waals surface area contributed by atoms with Crippen molar-refractivity contribution in [3.8, 4) is 0 Å². The van der Waals surface area contributed by atoms with Crippen LogP contribution in [0, 0.1) is 5.92 Å². The Balaban J connectivity index is 1.54. The molecule has 0 aromatic carbocycles. The Hall–Kier alpha value is -1.14. The lowest BCUT2D eigenvalue weighted by Gasteiger charge is -2.35. The summed E-state index contributed by atoms with van der Waals surface area (Å²) in [6.45, 7) is 5.32. The van der Waals surface area contributed by atoms with E-state index in [-0.39, 0.29) is 23.8 Å². The second-order valence-corrected chi connectivity index (χ2v) is 7.38. The van der Waals surface area contributed by atoms with Gasteiger partial charge in [0.1, 0.15) is 0 Å². The molecule has 3 fully saturated rings. The molecule has 3 aliphatic rings. The average molecular weight is 337 g/mol. The molecule has 0 radical (unpaired) electrons. The number of hydrogen-bond acceptors (Lipinski definition) is 4. The van der Waals surface area contributed by atoms with Crippen molar-refractivity contribution in [2.24, 2.45) is 5.92 Å². The summed E-state index contributed by atoms with van der Waals surface area (Å²) >= 11 is 0. The molecule has 0 aromatic rings. The van der Waals surface area contributed by atoms with E-state index < -0.39 is 0 Å². The number of piperidine rings is 1. The Bertz CT molecular complexity index is 451. The quantitative estimate of drug-likeness (QED) is 0.753. The number of likely N-dealkylation sites (tertiary alicyclic amines) is 1. The van der Waals surface area contributed by atoms with E-state index in [9.17, 15) is 9.59 Å². The fraction of sp³-hybridized carbons (Fsp3) is 0.889. The number of amides is 2. The summed E-state index contributed by atoms with van der Waals surface area (Å²) in [5.41, 5.74) is 0. The van der Waals surface area contributed by atoms with E-state index in [2.05, 4.69) is 11.9 Å². The van der Waals surface area contributed by atoms with Gasteiger partial charge in [-0.25, -0.2) is 0 Å². The first-order valence-corrected chi connectivity index (χ1v) is 9.52. The van der Waals surface area contributed by atoms with Crippen LogP contribution >= 0.6 is 0 Å². The molecule has 136 valence electrons. The van der Waals surface area contributed by atoms with Gasteiger partial charge in [0.2, 0.25) is 11.8 Å². The van der Waals surface area contributed by atoms with E-state index in [0.717, 1.165) is 51.7 Å². The largest absolute Gasteiger partial charge is 0.381 e. The lowest BCUT2D eigenvalue weighted by Crippen LogP contribution is -2.50. The lowest BCUT2D eigenvalue weighted by atomic mass is 9.98. The maximum Gasteiger partial charge on any atom is 0.239 e. The van der Waals surface area contributed by atoms with Crippen molar-refractivity contribution in [1.29, 1.82) is 0 Å².